The molecule has 0 saturated heterocycles. The fourth-order valence-electron chi connectivity index (χ4n) is 1.53. The third kappa shape index (κ3) is 3.31. The number of hydrogen-bond acceptors (Lipinski definition) is 4. The van der Waals surface area contributed by atoms with Crippen LogP contribution in [0.4, 0.5) is 0 Å². The van der Waals surface area contributed by atoms with E-state index in [1.165, 1.54) is 0 Å². The Morgan fingerprint density at radius 3 is 2.32 bits per heavy atom. The van der Waals surface area contributed by atoms with E-state index in [4.69, 9.17) is 15.3 Å². The van der Waals surface area contributed by atoms with Crippen LogP contribution in [0.25, 0.3) is 5.57 Å². The molecule has 0 atom stereocenters. The molecule has 1 aromatic rings. The topological polar surface area (TPSA) is 73.9 Å². The van der Waals surface area contributed by atoms with Crippen molar-refractivity contribution in [2.24, 2.45) is 0 Å². The number of nitrogens with zero attached hydrogens (tertiary/aromatic N) is 2. The van der Waals surface area contributed by atoms with Gasteiger partial charge < -0.3 is 4.74 Å². The number of rotatable bonds is 4. The average molecular weight is 252 g/mol. The molecule has 0 aliphatic carbocycles. The molecular formula is C15H12N2O2. The maximum absolute atomic E-state index is 11.7. The predicted octanol–water partition coefficient (Wildman–Crippen LogP) is 2.61. The second-order valence-corrected chi connectivity index (χ2v) is 3.54. The molecule has 0 aliphatic heterocycles. The number of hydrogen-bond donors (Lipinski definition) is 0. The maximum atomic E-state index is 11.7. The molecule has 0 spiro atoms. The van der Waals surface area contributed by atoms with Gasteiger partial charge in [-0.1, -0.05) is 36.9 Å². The summed E-state index contributed by atoms with van der Waals surface area (Å²) in [5.74, 6) is -0.635. The monoisotopic (exact) mass is 252 g/mol. The lowest BCUT2D eigenvalue weighted by atomic mass is 9.94. The van der Waals surface area contributed by atoms with E-state index in [0.29, 0.717) is 5.56 Å². The minimum absolute atomic E-state index is 0.00569. The van der Waals surface area contributed by atoms with Crippen LogP contribution in [0.5, 0.6) is 0 Å². The molecule has 94 valence electrons. The van der Waals surface area contributed by atoms with Gasteiger partial charge in [-0.15, -0.1) is 0 Å². The number of carbonyl (C=O) groups is 1. The van der Waals surface area contributed by atoms with Gasteiger partial charge in [0.25, 0.3) is 0 Å². The van der Waals surface area contributed by atoms with Crippen molar-refractivity contribution in [3.63, 3.8) is 0 Å². The number of benzene rings is 1. The number of allylic oxidation sites excluding steroid dienone is 1. The zero-order chi connectivity index (χ0) is 14.3. The van der Waals surface area contributed by atoms with E-state index in [-0.39, 0.29) is 23.3 Å². The molecule has 0 heterocycles. The summed E-state index contributed by atoms with van der Waals surface area (Å²) in [6, 6.07) is 12.3. The molecule has 0 amide bonds. The summed E-state index contributed by atoms with van der Waals surface area (Å²) in [6.45, 7) is 5.51. The highest BCUT2D eigenvalue weighted by Crippen LogP contribution is 2.26. The molecule has 0 radical (unpaired) electrons. The van der Waals surface area contributed by atoms with Crippen molar-refractivity contribution in [2.45, 2.75) is 6.92 Å². The summed E-state index contributed by atoms with van der Waals surface area (Å²) in [7, 11) is 0. The summed E-state index contributed by atoms with van der Waals surface area (Å²) in [5.41, 5.74) is 0.637. The molecule has 0 N–H and O–H groups in total. The second kappa shape index (κ2) is 6.78. The lowest BCUT2D eigenvalue weighted by Crippen LogP contribution is -2.09. The molecule has 0 aromatic heterocycles. The van der Waals surface area contributed by atoms with Crippen molar-refractivity contribution in [3.8, 4) is 12.1 Å². The number of ether oxygens (including phenoxy) is 1. The van der Waals surface area contributed by atoms with Crippen LogP contribution in [-0.4, -0.2) is 12.6 Å². The van der Waals surface area contributed by atoms with Gasteiger partial charge in [-0.25, -0.2) is 4.79 Å². The van der Waals surface area contributed by atoms with Crippen molar-refractivity contribution in [3.05, 3.63) is 53.6 Å². The van der Waals surface area contributed by atoms with Crippen LogP contribution < -0.4 is 0 Å². The Hall–Kier alpha value is -2.85. The Kier molecular flexibility index (Phi) is 5.07. The van der Waals surface area contributed by atoms with E-state index >= 15 is 0 Å². The smallest absolute Gasteiger partial charge is 0.338 e. The van der Waals surface area contributed by atoms with Gasteiger partial charge in [0, 0.05) is 5.57 Å². The van der Waals surface area contributed by atoms with E-state index < -0.39 is 5.97 Å². The summed E-state index contributed by atoms with van der Waals surface area (Å²) in [6.07, 6.45) is 0. The molecule has 0 fully saturated rings. The summed E-state index contributed by atoms with van der Waals surface area (Å²) in [5, 5.41) is 18.0. The van der Waals surface area contributed by atoms with Crippen LogP contribution in [0.15, 0.2) is 48.1 Å². The zero-order valence-corrected chi connectivity index (χ0v) is 10.5. The largest absolute Gasteiger partial charge is 0.462 e. The molecule has 4 heteroatoms. The van der Waals surface area contributed by atoms with Crippen molar-refractivity contribution < 1.29 is 9.53 Å². The first-order valence-corrected chi connectivity index (χ1v) is 5.62. The average Bonchev–Trinajstić information content (AvgIpc) is 2.45. The van der Waals surface area contributed by atoms with E-state index in [1.807, 2.05) is 0 Å². The highest BCUT2D eigenvalue weighted by Gasteiger charge is 2.19. The van der Waals surface area contributed by atoms with Crippen LogP contribution in [-0.2, 0) is 9.53 Å². The Balaban J connectivity index is 3.37. The van der Waals surface area contributed by atoms with Crippen molar-refractivity contribution in [1.82, 2.24) is 0 Å². The first kappa shape index (κ1) is 14.2. The Bertz CT molecular complexity index is 585. The van der Waals surface area contributed by atoms with Gasteiger partial charge in [0.05, 0.1) is 12.2 Å². The first-order valence-electron chi connectivity index (χ1n) is 5.62. The fourth-order valence-corrected chi connectivity index (χ4v) is 1.53. The molecule has 19 heavy (non-hydrogen) atoms. The SMILES string of the molecule is C=C(C(=O)OCC)C(=C(C#N)C#N)c1ccccc1. The highest BCUT2D eigenvalue weighted by atomic mass is 16.5. The molecule has 1 aromatic carbocycles. The Morgan fingerprint density at radius 2 is 1.84 bits per heavy atom. The van der Waals surface area contributed by atoms with Crippen LogP contribution in [0.1, 0.15) is 12.5 Å². The Labute approximate surface area is 111 Å². The molecule has 0 bridgehead atoms. The molecule has 0 unspecified atom stereocenters. The van der Waals surface area contributed by atoms with Gasteiger partial charge in [0.15, 0.2) is 0 Å². The zero-order valence-electron chi connectivity index (χ0n) is 10.5. The van der Waals surface area contributed by atoms with Gasteiger partial charge in [0.1, 0.15) is 17.7 Å². The quantitative estimate of drug-likeness (QED) is 0.357. The normalized spacial score (nSPS) is 8.79. The molecule has 1 rings (SSSR count). The molecule has 4 nitrogen and oxygen atoms in total. The lowest BCUT2D eigenvalue weighted by Gasteiger charge is -2.10. The predicted molar refractivity (Wildman–Crippen MR) is 70.4 cm³/mol. The standard InChI is InChI=1S/C15H12N2O2/c1-3-19-15(18)11(2)14(13(9-16)10-17)12-7-5-4-6-8-12/h4-8H,2-3H2,1H3. The van der Waals surface area contributed by atoms with Crippen molar-refractivity contribution in [2.75, 3.05) is 6.61 Å². The summed E-state index contributed by atoms with van der Waals surface area (Å²) in [4.78, 5) is 11.7. The van der Waals surface area contributed by atoms with Crippen LogP contribution >= 0.6 is 0 Å². The number of carbonyl (C=O) groups excluding carboxylic acids is 1. The number of esters is 1. The third-order valence-electron chi connectivity index (χ3n) is 2.36. The van der Waals surface area contributed by atoms with Crippen LogP contribution in [0.3, 0.4) is 0 Å². The lowest BCUT2D eigenvalue weighted by molar-refractivity contribution is -0.137. The van der Waals surface area contributed by atoms with Crippen LogP contribution in [0, 0.1) is 22.7 Å². The second-order valence-electron chi connectivity index (χ2n) is 3.54. The van der Waals surface area contributed by atoms with Gasteiger partial charge in [-0.05, 0) is 12.5 Å². The first-order chi connectivity index (χ1) is 9.15. The van der Waals surface area contributed by atoms with Crippen molar-refractivity contribution in [1.29, 1.82) is 10.5 Å². The number of nitriles is 2. The van der Waals surface area contributed by atoms with Gasteiger partial charge in [-0.3, -0.25) is 0 Å². The Morgan fingerprint density at radius 1 is 1.26 bits per heavy atom. The maximum Gasteiger partial charge on any atom is 0.338 e. The minimum atomic E-state index is -0.635. The van der Waals surface area contributed by atoms with E-state index in [0.717, 1.165) is 0 Å². The highest BCUT2D eigenvalue weighted by molar-refractivity contribution is 6.07. The van der Waals surface area contributed by atoms with Crippen molar-refractivity contribution >= 4 is 11.5 Å². The van der Waals surface area contributed by atoms with Gasteiger partial charge in [0.2, 0.25) is 0 Å². The van der Waals surface area contributed by atoms with Crippen LogP contribution in [0.2, 0.25) is 0 Å². The third-order valence-corrected chi connectivity index (χ3v) is 2.36. The van der Waals surface area contributed by atoms with E-state index in [2.05, 4.69) is 6.58 Å². The fraction of sp³-hybridized carbons (Fsp3) is 0.133. The van der Waals surface area contributed by atoms with Gasteiger partial charge in [-0.2, -0.15) is 10.5 Å². The molecule has 0 aliphatic rings. The van der Waals surface area contributed by atoms with E-state index in [1.54, 1.807) is 49.4 Å². The minimum Gasteiger partial charge on any atom is -0.462 e. The summed E-state index contributed by atoms with van der Waals surface area (Å²) < 4.78 is 4.85. The van der Waals surface area contributed by atoms with Gasteiger partial charge >= 0.3 is 5.97 Å². The molecule has 0 saturated carbocycles. The molecular weight excluding hydrogens is 240 g/mol. The summed E-state index contributed by atoms with van der Waals surface area (Å²) >= 11 is 0. The van der Waals surface area contributed by atoms with E-state index in [9.17, 15) is 4.79 Å².